The first kappa shape index (κ1) is 52.9. The average Bonchev–Trinajstić information content (AvgIpc) is 3.67. The van der Waals surface area contributed by atoms with Gasteiger partial charge in [-0.25, -0.2) is 35.1 Å². The normalized spacial score (nSPS) is 30.7. The van der Waals surface area contributed by atoms with Gasteiger partial charge in [0.25, 0.3) is 0 Å². The van der Waals surface area contributed by atoms with Crippen LogP contribution in [0.15, 0.2) is 48.5 Å². The van der Waals surface area contributed by atoms with Crippen LogP contribution in [0, 0.1) is 58.4 Å². The van der Waals surface area contributed by atoms with Gasteiger partial charge in [0, 0.05) is 12.1 Å². The van der Waals surface area contributed by atoms with Gasteiger partial charge in [-0.05, 0) is 217 Å². The Labute approximate surface area is 417 Å². The quantitative estimate of drug-likeness (QED) is 0.0944. The summed E-state index contributed by atoms with van der Waals surface area (Å²) in [6.45, 7) is 4.93. The van der Waals surface area contributed by atoms with Crippen molar-refractivity contribution < 1.29 is 54.8 Å². The Morgan fingerprint density at radius 2 is 0.681 bits per heavy atom. The van der Waals surface area contributed by atoms with Crippen molar-refractivity contribution in [1.82, 2.24) is 0 Å². The highest BCUT2D eigenvalue weighted by Crippen LogP contribution is 2.55. The lowest BCUT2D eigenvalue weighted by Gasteiger charge is -2.43. The van der Waals surface area contributed by atoms with Gasteiger partial charge in [0.05, 0.1) is 22.3 Å². The molecule has 1 aliphatic heterocycles. The number of benzene rings is 4. The topological polar surface area (TPSA) is 137 Å². The SMILES string of the molecule is CC1CCC(c2cc(F)c(C(O)(c3c(F)cc(C4CCC(CN)CC4)cc3F)[C@@H]3OC(C)(C)O[C@H]3C(O)(c3c(F)cc(C4CCC(N)CC4)cc3F)c3c(F)cc(C4CCC(N)CC4)cc3F)c(F)c2)CC1. The molecule has 5 aliphatic rings. The van der Waals surface area contributed by atoms with Crippen molar-refractivity contribution in [2.75, 3.05) is 6.54 Å². The van der Waals surface area contributed by atoms with E-state index < -0.39 is 98.0 Å². The molecule has 4 aromatic rings. The van der Waals surface area contributed by atoms with Crippen molar-refractivity contribution in [3.63, 3.8) is 0 Å². The van der Waals surface area contributed by atoms with E-state index in [1.807, 2.05) is 0 Å². The number of hydrogen-bond acceptors (Lipinski definition) is 7. The number of hydrogen-bond donors (Lipinski definition) is 5. The van der Waals surface area contributed by atoms with Gasteiger partial charge in [-0.15, -0.1) is 0 Å². The van der Waals surface area contributed by atoms with E-state index >= 15 is 35.1 Å². The molecule has 0 radical (unpaired) electrons. The van der Waals surface area contributed by atoms with Crippen molar-refractivity contribution in [1.29, 1.82) is 0 Å². The maximum absolute atomic E-state index is 17.4. The number of nitrogens with two attached hydrogens (primary N) is 3. The molecule has 5 fully saturated rings. The molecule has 0 amide bonds. The van der Waals surface area contributed by atoms with Crippen molar-refractivity contribution in [2.45, 2.75) is 188 Å². The molecule has 0 aromatic heterocycles. The maximum Gasteiger partial charge on any atom is 0.164 e. The van der Waals surface area contributed by atoms with Gasteiger partial charge in [0.1, 0.15) is 58.7 Å². The smallest absolute Gasteiger partial charge is 0.164 e. The van der Waals surface area contributed by atoms with Crippen LogP contribution in [0.5, 0.6) is 0 Å². The summed E-state index contributed by atoms with van der Waals surface area (Å²) in [7, 11) is 0. The van der Waals surface area contributed by atoms with E-state index in [1.165, 1.54) is 13.8 Å². The lowest BCUT2D eigenvalue weighted by atomic mass is 9.69. The van der Waals surface area contributed by atoms with E-state index in [0.717, 1.165) is 61.4 Å². The van der Waals surface area contributed by atoms with Gasteiger partial charge in [-0.3, -0.25) is 0 Å². The van der Waals surface area contributed by atoms with Crippen LogP contribution in [-0.4, -0.2) is 46.8 Å². The number of rotatable bonds is 11. The zero-order valence-corrected chi connectivity index (χ0v) is 41.4. The predicted octanol–water partition coefficient (Wildman–Crippen LogP) is 12.0. The summed E-state index contributed by atoms with van der Waals surface area (Å²) in [4.78, 5) is 0. The standard InChI is InChI=1S/C57H69F8N3O4/c1-29-4-8-31(9-5-29)35-20-41(58)49(42(59)21-35)56(69,50-43(60)22-36(23-44(50)61)32-10-6-30(28-66)7-11-32)53-54(72-55(2,3)71-53)57(70,51-45(62)24-37(25-46(51)63)33-12-16-39(67)17-13-33)52-47(64)26-38(27-48(52)65)34-14-18-40(68)19-15-34/h20-27,29-34,39-40,53-54,69-70H,4-19,28,66-68H2,1-3H3/t29?,30?,31?,32?,33?,34?,39?,40?,53-,54-,56?,57?/m1/s1. The van der Waals surface area contributed by atoms with Crippen molar-refractivity contribution in [3.05, 3.63) is 140 Å². The van der Waals surface area contributed by atoms with Crippen LogP contribution < -0.4 is 17.2 Å². The Balaban J connectivity index is 1.27. The highest BCUT2D eigenvalue weighted by Gasteiger charge is 2.65. The van der Waals surface area contributed by atoms with E-state index in [-0.39, 0.29) is 63.9 Å². The summed E-state index contributed by atoms with van der Waals surface area (Å²) >= 11 is 0. The van der Waals surface area contributed by atoms with Crippen molar-refractivity contribution >= 4 is 0 Å². The van der Waals surface area contributed by atoms with Crippen LogP contribution in [0.2, 0.25) is 0 Å². The monoisotopic (exact) mass is 1010 g/mol. The molecule has 3 atom stereocenters. The van der Waals surface area contributed by atoms with E-state index in [9.17, 15) is 10.2 Å². The fraction of sp³-hybridized carbons (Fsp3) is 0.579. The molecule has 72 heavy (non-hydrogen) atoms. The Hall–Kier alpha value is -3.96. The Kier molecular flexibility index (Phi) is 15.2. The third-order valence-corrected chi connectivity index (χ3v) is 17.3. The molecule has 0 spiro atoms. The summed E-state index contributed by atoms with van der Waals surface area (Å²) in [5.74, 6) is -14.8. The predicted molar refractivity (Wildman–Crippen MR) is 258 cm³/mol. The third kappa shape index (κ3) is 9.89. The van der Waals surface area contributed by atoms with Crippen LogP contribution in [0.4, 0.5) is 35.1 Å². The second-order valence-electron chi connectivity index (χ2n) is 22.6. The third-order valence-electron chi connectivity index (χ3n) is 17.3. The fourth-order valence-electron chi connectivity index (χ4n) is 13.2. The van der Waals surface area contributed by atoms with Gasteiger partial charge < -0.3 is 36.9 Å². The van der Waals surface area contributed by atoms with E-state index in [1.54, 1.807) is 0 Å². The molecule has 9 rings (SSSR count). The Morgan fingerprint density at radius 3 is 0.931 bits per heavy atom. The van der Waals surface area contributed by atoms with Gasteiger partial charge in [0.2, 0.25) is 0 Å². The summed E-state index contributed by atoms with van der Waals surface area (Å²) in [5.41, 5.74) is 6.01. The molecule has 1 saturated heterocycles. The molecule has 4 aliphatic carbocycles. The molecular formula is C57H69F8N3O4. The zero-order valence-electron chi connectivity index (χ0n) is 41.4. The lowest BCUT2D eigenvalue weighted by molar-refractivity contribution is -0.173. The van der Waals surface area contributed by atoms with Gasteiger partial charge >= 0.3 is 0 Å². The Morgan fingerprint density at radius 1 is 0.444 bits per heavy atom. The van der Waals surface area contributed by atoms with E-state index in [4.69, 9.17) is 26.7 Å². The zero-order chi connectivity index (χ0) is 51.6. The second-order valence-corrected chi connectivity index (χ2v) is 22.6. The Bertz CT molecular complexity index is 2450. The molecule has 15 heteroatoms. The van der Waals surface area contributed by atoms with Crippen molar-refractivity contribution in [3.8, 4) is 0 Å². The first-order chi connectivity index (χ1) is 34.1. The molecule has 392 valence electrons. The first-order valence-corrected chi connectivity index (χ1v) is 26.1. The molecule has 4 aromatic carbocycles. The number of aliphatic hydroxyl groups is 2. The highest BCUT2D eigenvalue weighted by molar-refractivity contribution is 5.50. The first-order valence-electron chi connectivity index (χ1n) is 26.1. The summed E-state index contributed by atoms with van der Waals surface area (Å²) < 4.78 is 152. The minimum atomic E-state index is -3.75. The second kappa shape index (κ2) is 20.6. The maximum atomic E-state index is 17.4. The molecule has 4 saturated carbocycles. The van der Waals surface area contributed by atoms with E-state index in [2.05, 4.69) is 6.92 Å². The molecule has 0 bridgehead atoms. The molecule has 1 unspecified atom stereocenters. The fourth-order valence-corrected chi connectivity index (χ4v) is 13.2. The lowest BCUT2D eigenvalue weighted by Crippen LogP contribution is -2.57. The van der Waals surface area contributed by atoms with Gasteiger partial charge in [0.15, 0.2) is 17.0 Å². The van der Waals surface area contributed by atoms with E-state index in [0.29, 0.717) is 102 Å². The van der Waals surface area contributed by atoms with Crippen LogP contribution in [0.25, 0.3) is 0 Å². The number of halogens is 8. The summed E-state index contributed by atoms with van der Waals surface area (Å²) in [5, 5.41) is 27.2. The minimum absolute atomic E-state index is 0.123. The van der Waals surface area contributed by atoms with Crippen molar-refractivity contribution in [2.24, 2.45) is 29.0 Å². The average molecular weight is 1010 g/mol. The van der Waals surface area contributed by atoms with Crippen LogP contribution in [-0.2, 0) is 20.7 Å². The van der Waals surface area contributed by atoms with Gasteiger partial charge in [-0.1, -0.05) is 19.8 Å². The largest absolute Gasteiger partial charge is 0.377 e. The summed E-state index contributed by atoms with van der Waals surface area (Å²) in [6.07, 6.45) is 3.80. The highest BCUT2D eigenvalue weighted by atomic mass is 19.2. The summed E-state index contributed by atoms with van der Waals surface area (Å²) in [6, 6.07) is 7.35. The number of ether oxygens (including phenoxy) is 2. The van der Waals surface area contributed by atoms with Crippen LogP contribution >= 0.6 is 0 Å². The molecule has 1 heterocycles. The minimum Gasteiger partial charge on any atom is -0.377 e. The van der Waals surface area contributed by atoms with Crippen LogP contribution in [0.1, 0.15) is 192 Å². The molecule has 7 nitrogen and oxygen atoms in total. The van der Waals surface area contributed by atoms with Gasteiger partial charge in [-0.2, -0.15) is 0 Å². The molecular weight excluding hydrogens is 943 g/mol. The van der Waals surface area contributed by atoms with Crippen LogP contribution in [0.3, 0.4) is 0 Å². The molecule has 8 N–H and O–H groups in total.